The fourth-order valence-corrected chi connectivity index (χ4v) is 3.09. The lowest BCUT2D eigenvalue weighted by atomic mass is 10.1. The molecular weight excluding hydrogens is 332 g/mol. The minimum Gasteiger partial charge on any atom is -0.337 e. The van der Waals surface area contributed by atoms with Gasteiger partial charge in [0.1, 0.15) is 5.82 Å². The van der Waals surface area contributed by atoms with Crippen LogP contribution in [0.3, 0.4) is 0 Å². The van der Waals surface area contributed by atoms with Gasteiger partial charge in [-0.25, -0.2) is 9.97 Å². The van der Waals surface area contributed by atoms with Crippen molar-refractivity contribution in [3.8, 4) is 0 Å². The number of thioether (sulfide) groups is 1. The maximum atomic E-state index is 12.0. The van der Waals surface area contributed by atoms with Crippen LogP contribution < -0.4 is 5.32 Å². The first-order chi connectivity index (χ1) is 12.1. The van der Waals surface area contributed by atoms with E-state index in [0.29, 0.717) is 5.82 Å². The third-order valence-electron chi connectivity index (χ3n) is 3.70. The summed E-state index contributed by atoms with van der Waals surface area (Å²) in [6.07, 6.45) is 2.51. The maximum absolute atomic E-state index is 12.0. The number of aryl methyl sites for hydroxylation is 2. The Morgan fingerprint density at radius 1 is 1.16 bits per heavy atom. The molecule has 6 heteroatoms. The van der Waals surface area contributed by atoms with E-state index in [1.807, 2.05) is 38.1 Å². The van der Waals surface area contributed by atoms with E-state index in [2.05, 4.69) is 32.4 Å². The van der Waals surface area contributed by atoms with E-state index >= 15 is 0 Å². The van der Waals surface area contributed by atoms with Crippen LogP contribution in [-0.2, 0) is 11.2 Å². The van der Waals surface area contributed by atoms with Crippen LogP contribution in [0.25, 0.3) is 0 Å². The van der Waals surface area contributed by atoms with Crippen LogP contribution >= 0.6 is 11.8 Å². The molecule has 25 heavy (non-hydrogen) atoms. The number of rotatable bonds is 6. The largest absolute Gasteiger partial charge is 0.337 e. The third kappa shape index (κ3) is 4.93. The van der Waals surface area contributed by atoms with Crippen molar-refractivity contribution >= 4 is 23.5 Å². The molecule has 0 atom stereocenters. The SMILES string of the molecule is Cc1ccc(NC(=O)CSc2nc(Cc3ccccc3)c(C)[nH]2)nc1. The average Bonchev–Trinajstić information content (AvgIpc) is 2.96. The smallest absolute Gasteiger partial charge is 0.236 e. The molecule has 128 valence electrons. The van der Waals surface area contributed by atoms with E-state index < -0.39 is 0 Å². The van der Waals surface area contributed by atoms with Gasteiger partial charge >= 0.3 is 0 Å². The molecule has 0 aliphatic carbocycles. The molecule has 0 unspecified atom stereocenters. The van der Waals surface area contributed by atoms with E-state index in [1.165, 1.54) is 17.3 Å². The van der Waals surface area contributed by atoms with Crippen LogP contribution in [0.15, 0.2) is 53.8 Å². The molecule has 1 amide bonds. The number of hydrogen-bond acceptors (Lipinski definition) is 4. The predicted molar refractivity (Wildman–Crippen MR) is 101 cm³/mol. The molecule has 0 bridgehead atoms. The molecule has 2 heterocycles. The van der Waals surface area contributed by atoms with Crippen LogP contribution in [0.1, 0.15) is 22.5 Å². The van der Waals surface area contributed by atoms with Crippen molar-refractivity contribution in [3.05, 3.63) is 71.2 Å². The van der Waals surface area contributed by atoms with E-state index in [-0.39, 0.29) is 11.7 Å². The average molecular weight is 352 g/mol. The topological polar surface area (TPSA) is 70.7 Å². The summed E-state index contributed by atoms with van der Waals surface area (Å²) in [5, 5.41) is 3.55. The highest BCUT2D eigenvalue weighted by Crippen LogP contribution is 2.19. The van der Waals surface area contributed by atoms with E-state index in [9.17, 15) is 4.79 Å². The predicted octanol–water partition coefficient (Wildman–Crippen LogP) is 3.74. The lowest BCUT2D eigenvalue weighted by molar-refractivity contribution is -0.113. The molecule has 0 aliphatic heterocycles. The van der Waals surface area contributed by atoms with Crippen LogP contribution in [0, 0.1) is 13.8 Å². The van der Waals surface area contributed by atoms with Gasteiger partial charge in [-0.3, -0.25) is 4.79 Å². The zero-order valence-corrected chi connectivity index (χ0v) is 15.1. The zero-order chi connectivity index (χ0) is 17.6. The second-order valence-electron chi connectivity index (χ2n) is 5.83. The van der Waals surface area contributed by atoms with Crippen LogP contribution in [-0.4, -0.2) is 26.6 Å². The standard InChI is InChI=1S/C19H20N4OS/c1-13-8-9-17(20-11-13)23-18(24)12-25-19-21-14(2)16(22-19)10-15-6-4-3-5-7-15/h3-9,11H,10,12H2,1-2H3,(H,21,22)(H,20,23,24). The molecule has 0 spiro atoms. The third-order valence-corrected chi connectivity index (χ3v) is 4.57. The molecule has 0 fully saturated rings. The van der Waals surface area contributed by atoms with Gasteiger partial charge in [0.05, 0.1) is 11.4 Å². The Balaban J connectivity index is 1.55. The van der Waals surface area contributed by atoms with Gasteiger partial charge in [-0.15, -0.1) is 0 Å². The fraction of sp³-hybridized carbons (Fsp3) is 0.211. The number of benzene rings is 1. The summed E-state index contributed by atoms with van der Waals surface area (Å²) in [6, 6.07) is 13.9. The molecule has 0 radical (unpaired) electrons. The second-order valence-corrected chi connectivity index (χ2v) is 6.80. The number of aromatic amines is 1. The van der Waals surface area contributed by atoms with Crippen LogP contribution in [0.4, 0.5) is 5.82 Å². The number of aromatic nitrogens is 3. The Hall–Kier alpha value is -2.60. The second kappa shape index (κ2) is 7.98. The Kier molecular flexibility index (Phi) is 5.50. The van der Waals surface area contributed by atoms with Crippen molar-refractivity contribution < 1.29 is 4.79 Å². The summed E-state index contributed by atoms with van der Waals surface area (Å²) in [7, 11) is 0. The number of amides is 1. The summed E-state index contributed by atoms with van der Waals surface area (Å²) in [5.74, 6) is 0.754. The molecule has 3 aromatic rings. The quantitative estimate of drug-likeness (QED) is 0.663. The number of anilines is 1. The molecule has 5 nitrogen and oxygen atoms in total. The Labute approximate surface area is 151 Å². The Morgan fingerprint density at radius 3 is 2.68 bits per heavy atom. The van der Waals surface area contributed by atoms with Gasteiger partial charge in [-0.1, -0.05) is 48.2 Å². The summed E-state index contributed by atoms with van der Waals surface area (Å²) in [4.78, 5) is 24.1. The summed E-state index contributed by atoms with van der Waals surface area (Å²) < 4.78 is 0. The van der Waals surface area contributed by atoms with Gasteiger partial charge in [0.25, 0.3) is 0 Å². The number of nitrogens with zero attached hydrogens (tertiary/aromatic N) is 2. The van der Waals surface area contributed by atoms with Crippen molar-refractivity contribution in [1.82, 2.24) is 15.0 Å². The Morgan fingerprint density at radius 2 is 1.96 bits per heavy atom. The number of carbonyl (C=O) groups excluding carboxylic acids is 1. The zero-order valence-electron chi connectivity index (χ0n) is 14.2. The highest BCUT2D eigenvalue weighted by Gasteiger charge is 2.10. The maximum Gasteiger partial charge on any atom is 0.236 e. The molecule has 0 saturated carbocycles. The Bertz CT molecular complexity index is 844. The van der Waals surface area contributed by atoms with E-state index in [0.717, 1.165) is 28.5 Å². The van der Waals surface area contributed by atoms with Crippen LogP contribution in [0.2, 0.25) is 0 Å². The molecule has 1 aromatic carbocycles. The summed E-state index contributed by atoms with van der Waals surface area (Å²) in [5.41, 5.74) is 4.32. The van der Waals surface area contributed by atoms with Gasteiger partial charge in [0.2, 0.25) is 5.91 Å². The first-order valence-electron chi connectivity index (χ1n) is 8.05. The number of carbonyl (C=O) groups is 1. The van der Waals surface area contributed by atoms with Crippen molar-refractivity contribution in [2.24, 2.45) is 0 Å². The van der Waals surface area contributed by atoms with E-state index in [1.54, 1.807) is 12.3 Å². The first-order valence-corrected chi connectivity index (χ1v) is 9.03. The molecule has 2 N–H and O–H groups in total. The van der Waals surface area contributed by atoms with Crippen molar-refractivity contribution in [2.45, 2.75) is 25.4 Å². The number of pyridine rings is 1. The molecule has 0 saturated heterocycles. The van der Waals surface area contributed by atoms with Gasteiger partial charge in [-0.05, 0) is 31.0 Å². The number of hydrogen-bond donors (Lipinski definition) is 2. The fourth-order valence-electron chi connectivity index (χ4n) is 2.35. The lowest BCUT2D eigenvalue weighted by Crippen LogP contribution is -2.15. The summed E-state index contributed by atoms with van der Waals surface area (Å²) >= 11 is 1.39. The highest BCUT2D eigenvalue weighted by molar-refractivity contribution is 7.99. The van der Waals surface area contributed by atoms with Crippen molar-refractivity contribution in [1.29, 1.82) is 0 Å². The number of nitrogens with one attached hydrogen (secondary N) is 2. The van der Waals surface area contributed by atoms with Gasteiger partial charge in [-0.2, -0.15) is 0 Å². The lowest BCUT2D eigenvalue weighted by Gasteiger charge is -2.03. The molecule has 3 rings (SSSR count). The van der Waals surface area contributed by atoms with Gasteiger partial charge in [0.15, 0.2) is 5.16 Å². The monoisotopic (exact) mass is 352 g/mol. The number of imidazole rings is 1. The van der Waals surface area contributed by atoms with Crippen molar-refractivity contribution in [2.75, 3.05) is 11.1 Å². The molecular formula is C19H20N4OS. The van der Waals surface area contributed by atoms with E-state index in [4.69, 9.17) is 0 Å². The van der Waals surface area contributed by atoms with Crippen LogP contribution in [0.5, 0.6) is 0 Å². The minimum atomic E-state index is -0.0972. The molecule has 0 aliphatic rings. The minimum absolute atomic E-state index is 0.0972. The molecule has 2 aromatic heterocycles. The number of H-pyrrole nitrogens is 1. The van der Waals surface area contributed by atoms with Crippen molar-refractivity contribution in [3.63, 3.8) is 0 Å². The van der Waals surface area contributed by atoms with Gasteiger partial charge in [0, 0.05) is 18.3 Å². The highest BCUT2D eigenvalue weighted by atomic mass is 32.2. The summed E-state index contributed by atoms with van der Waals surface area (Å²) in [6.45, 7) is 3.96. The first kappa shape index (κ1) is 17.2. The normalized spacial score (nSPS) is 10.6. The van der Waals surface area contributed by atoms with Gasteiger partial charge < -0.3 is 10.3 Å².